The van der Waals surface area contributed by atoms with E-state index in [1.165, 1.54) is 6.42 Å². The Kier molecular flexibility index (Phi) is 6.69. The normalized spacial score (nSPS) is 15.7. The summed E-state index contributed by atoms with van der Waals surface area (Å²) in [5.41, 5.74) is 3.02. The lowest BCUT2D eigenvalue weighted by Gasteiger charge is -2.20. The summed E-state index contributed by atoms with van der Waals surface area (Å²) in [5.74, 6) is 0.177. The SMILES string of the molecule is CC(=NNS(=O)(=O)c1ccc(C)cc1)c1ccc(NC(=O)C2CCCCC2)cc1. The zero-order chi connectivity index (χ0) is 20.9. The molecule has 0 aromatic heterocycles. The maximum Gasteiger partial charge on any atom is 0.276 e. The molecule has 0 radical (unpaired) electrons. The molecule has 1 saturated carbocycles. The first-order chi connectivity index (χ1) is 13.8. The minimum atomic E-state index is -3.71. The number of nitrogens with zero attached hydrogens (tertiary/aromatic N) is 1. The van der Waals surface area contributed by atoms with E-state index in [-0.39, 0.29) is 16.7 Å². The van der Waals surface area contributed by atoms with Crippen LogP contribution in [0.3, 0.4) is 0 Å². The first-order valence-electron chi connectivity index (χ1n) is 9.89. The third-order valence-corrected chi connectivity index (χ3v) is 6.44. The maximum atomic E-state index is 12.3. The second kappa shape index (κ2) is 9.22. The predicted octanol–water partition coefficient (Wildman–Crippen LogP) is 4.22. The van der Waals surface area contributed by atoms with E-state index in [4.69, 9.17) is 0 Å². The summed E-state index contributed by atoms with van der Waals surface area (Å²) in [6.07, 6.45) is 5.36. The van der Waals surface area contributed by atoms with Crippen LogP contribution in [0.15, 0.2) is 58.5 Å². The van der Waals surface area contributed by atoms with Gasteiger partial charge in [0.15, 0.2) is 0 Å². The van der Waals surface area contributed by atoms with Crippen LogP contribution in [0.2, 0.25) is 0 Å². The Morgan fingerprint density at radius 1 is 0.966 bits per heavy atom. The van der Waals surface area contributed by atoms with Gasteiger partial charge in [-0.2, -0.15) is 18.4 Å². The number of hydrogen-bond acceptors (Lipinski definition) is 4. The van der Waals surface area contributed by atoms with E-state index in [9.17, 15) is 13.2 Å². The van der Waals surface area contributed by atoms with Crippen LogP contribution in [0.4, 0.5) is 5.69 Å². The molecule has 0 bridgehead atoms. The van der Waals surface area contributed by atoms with Crippen LogP contribution in [-0.4, -0.2) is 20.0 Å². The molecule has 7 heteroatoms. The summed E-state index contributed by atoms with van der Waals surface area (Å²) in [5, 5.41) is 6.99. The molecule has 0 saturated heterocycles. The molecule has 6 nitrogen and oxygen atoms in total. The molecule has 1 amide bonds. The van der Waals surface area contributed by atoms with Gasteiger partial charge < -0.3 is 5.32 Å². The topological polar surface area (TPSA) is 87.6 Å². The molecule has 2 N–H and O–H groups in total. The average Bonchev–Trinajstić information content (AvgIpc) is 2.73. The average molecular weight is 414 g/mol. The fraction of sp³-hybridized carbons (Fsp3) is 0.364. The summed E-state index contributed by atoms with van der Waals surface area (Å²) >= 11 is 0. The quantitative estimate of drug-likeness (QED) is 0.549. The minimum Gasteiger partial charge on any atom is -0.326 e. The summed E-state index contributed by atoms with van der Waals surface area (Å²) in [7, 11) is -3.71. The molecule has 3 rings (SSSR count). The first kappa shape index (κ1) is 21.0. The molecular weight excluding hydrogens is 386 g/mol. The number of carbonyl (C=O) groups is 1. The number of rotatable bonds is 6. The molecule has 154 valence electrons. The molecule has 1 aliphatic carbocycles. The van der Waals surface area contributed by atoms with Crippen molar-refractivity contribution >= 4 is 27.3 Å². The number of amides is 1. The Hall–Kier alpha value is -2.67. The van der Waals surface area contributed by atoms with Crippen LogP contribution in [0, 0.1) is 12.8 Å². The molecule has 0 heterocycles. The summed E-state index contributed by atoms with van der Waals surface area (Å²) < 4.78 is 24.7. The van der Waals surface area contributed by atoms with Gasteiger partial charge in [-0.25, -0.2) is 0 Å². The van der Waals surface area contributed by atoms with Crippen molar-refractivity contribution in [2.75, 3.05) is 5.32 Å². The number of benzene rings is 2. The lowest BCUT2D eigenvalue weighted by atomic mass is 9.88. The van der Waals surface area contributed by atoms with Gasteiger partial charge in [0.2, 0.25) is 5.91 Å². The van der Waals surface area contributed by atoms with Crippen molar-refractivity contribution in [3.63, 3.8) is 0 Å². The van der Waals surface area contributed by atoms with Crippen LogP contribution in [-0.2, 0) is 14.8 Å². The largest absolute Gasteiger partial charge is 0.326 e. The Morgan fingerprint density at radius 3 is 2.21 bits per heavy atom. The van der Waals surface area contributed by atoms with Crippen LogP contribution < -0.4 is 10.1 Å². The number of carbonyl (C=O) groups excluding carboxylic acids is 1. The molecule has 0 aliphatic heterocycles. The van der Waals surface area contributed by atoms with E-state index in [2.05, 4.69) is 15.2 Å². The van der Waals surface area contributed by atoms with Crippen LogP contribution in [0.25, 0.3) is 0 Å². The lowest BCUT2D eigenvalue weighted by molar-refractivity contribution is -0.120. The van der Waals surface area contributed by atoms with Gasteiger partial charge in [0.05, 0.1) is 10.6 Å². The molecule has 29 heavy (non-hydrogen) atoms. The van der Waals surface area contributed by atoms with E-state index in [1.54, 1.807) is 31.2 Å². The number of nitrogens with one attached hydrogen (secondary N) is 2. The number of sulfonamides is 1. The number of hydrazone groups is 1. The smallest absolute Gasteiger partial charge is 0.276 e. The Bertz CT molecular complexity index is 975. The highest BCUT2D eigenvalue weighted by Gasteiger charge is 2.21. The van der Waals surface area contributed by atoms with Crippen molar-refractivity contribution < 1.29 is 13.2 Å². The Morgan fingerprint density at radius 2 is 1.59 bits per heavy atom. The van der Waals surface area contributed by atoms with Crippen molar-refractivity contribution in [3.05, 3.63) is 59.7 Å². The van der Waals surface area contributed by atoms with E-state index in [0.29, 0.717) is 5.71 Å². The van der Waals surface area contributed by atoms with E-state index >= 15 is 0 Å². The molecule has 0 unspecified atom stereocenters. The summed E-state index contributed by atoms with van der Waals surface area (Å²) in [6.45, 7) is 3.63. The van der Waals surface area contributed by atoms with Crippen LogP contribution in [0.5, 0.6) is 0 Å². The summed E-state index contributed by atoms with van der Waals surface area (Å²) in [6, 6.07) is 13.8. The van der Waals surface area contributed by atoms with E-state index in [0.717, 1.165) is 42.5 Å². The Balaban J connectivity index is 1.62. The highest BCUT2D eigenvalue weighted by Crippen LogP contribution is 2.25. The van der Waals surface area contributed by atoms with Crippen LogP contribution >= 0.6 is 0 Å². The number of hydrogen-bond donors (Lipinski definition) is 2. The third kappa shape index (κ3) is 5.67. The van der Waals surface area contributed by atoms with Crippen molar-refractivity contribution in [2.24, 2.45) is 11.0 Å². The van der Waals surface area contributed by atoms with Crippen molar-refractivity contribution in [3.8, 4) is 0 Å². The van der Waals surface area contributed by atoms with Gasteiger partial charge in [-0.3, -0.25) is 4.79 Å². The third-order valence-electron chi connectivity index (χ3n) is 5.21. The minimum absolute atomic E-state index is 0.0775. The molecule has 0 atom stereocenters. The predicted molar refractivity (Wildman–Crippen MR) is 115 cm³/mol. The van der Waals surface area contributed by atoms with Crippen molar-refractivity contribution in [1.29, 1.82) is 0 Å². The highest BCUT2D eigenvalue weighted by molar-refractivity contribution is 7.89. The van der Waals surface area contributed by atoms with Crippen LogP contribution in [0.1, 0.15) is 50.2 Å². The van der Waals surface area contributed by atoms with Gasteiger partial charge in [-0.05, 0) is 56.5 Å². The molecule has 0 spiro atoms. The van der Waals surface area contributed by atoms with Crippen molar-refractivity contribution in [2.45, 2.75) is 50.8 Å². The van der Waals surface area contributed by atoms with Gasteiger partial charge in [-0.15, -0.1) is 0 Å². The van der Waals surface area contributed by atoms with Gasteiger partial charge in [-0.1, -0.05) is 49.1 Å². The Labute approximate surface area is 172 Å². The standard InChI is InChI=1S/C22H27N3O3S/c1-16-8-14-21(15-9-16)29(27,28)25-24-17(2)18-10-12-20(13-11-18)23-22(26)19-6-4-3-5-7-19/h8-15,19,25H,3-7H2,1-2H3,(H,23,26). The highest BCUT2D eigenvalue weighted by atomic mass is 32.2. The fourth-order valence-electron chi connectivity index (χ4n) is 3.37. The lowest BCUT2D eigenvalue weighted by Crippen LogP contribution is -2.24. The molecular formula is C22H27N3O3S. The fourth-order valence-corrected chi connectivity index (χ4v) is 4.22. The first-order valence-corrected chi connectivity index (χ1v) is 11.4. The maximum absolute atomic E-state index is 12.3. The van der Waals surface area contributed by atoms with Gasteiger partial charge in [0, 0.05) is 11.6 Å². The molecule has 1 aliphatic rings. The zero-order valence-corrected chi connectivity index (χ0v) is 17.6. The summed E-state index contributed by atoms with van der Waals surface area (Å²) in [4.78, 5) is 14.8. The van der Waals surface area contributed by atoms with E-state index in [1.807, 2.05) is 31.2 Å². The number of aryl methyl sites for hydroxylation is 1. The second-order valence-corrected chi connectivity index (χ2v) is 9.17. The van der Waals surface area contributed by atoms with Gasteiger partial charge >= 0.3 is 0 Å². The monoisotopic (exact) mass is 413 g/mol. The van der Waals surface area contributed by atoms with E-state index < -0.39 is 10.0 Å². The second-order valence-electron chi connectivity index (χ2n) is 7.51. The number of anilines is 1. The van der Waals surface area contributed by atoms with Crippen molar-refractivity contribution in [1.82, 2.24) is 4.83 Å². The molecule has 2 aromatic carbocycles. The molecule has 1 fully saturated rings. The van der Waals surface area contributed by atoms with Gasteiger partial charge in [0.25, 0.3) is 10.0 Å². The molecule has 2 aromatic rings. The zero-order valence-electron chi connectivity index (χ0n) is 16.8. The van der Waals surface area contributed by atoms with Gasteiger partial charge in [0.1, 0.15) is 0 Å².